The van der Waals surface area contributed by atoms with Crippen molar-refractivity contribution < 1.29 is 4.39 Å². The fourth-order valence-corrected chi connectivity index (χ4v) is 1.79. The summed E-state index contributed by atoms with van der Waals surface area (Å²) >= 11 is 0. The molecule has 0 spiro atoms. The van der Waals surface area contributed by atoms with Crippen LogP contribution in [0.4, 0.5) is 4.39 Å². The van der Waals surface area contributed by atoms with Crippen LogP contribution in [0, 0.1) is 11.8 Å². The van der Waals surface area contributed by atoms with Gasteiger partial charge in [-0.25, -0.2) is 4.39 Å². The van der Waals surface area contributed by atoms with Gasteiger partial charge in [-0.3, -0.25) is 4.68 Å². The summed E-state index contributed by atoms with van der Waals surface area (Å²) in [7, 11) is 1.83. The van der Waals surface area contributed by atoms with E-state index in [1.165, 1.54) is 0 Å². The number of nitrogens with zero attached hydrogens (tertiary/aromatic N) is 2. The van der Waals surface area contributed by atoms with Crippen LogP contribution in [0.25, 0.3) is 0 Å². The van der Waals surface area contributed by atoms with Crippen molar-refractivity contribution in [2.75, 3.05) is 6.54 Å². The Morgan fingerprint density at radius 1 is 1.53 bits per heavy atom. The number of hydrogen-bond acceptors (Lipinski definition) is 2. The molecule has 1 aromatic heterocycles. The molecule has 2 N–H and O–H groups in total. The highest BCUT2D eigenvalue weighted by atomic mass is 19.1. The van der Waals surface area contributed by atoms with Gasteiger partial charge >= 0.3 is 0 Å². The molecule has 0 fully saturated rings. The molecule has 1 rings (SSSR count). The number of aromatic nitrogens is 2. The van der Waals surface area contributed by atoms with Crippen molar-refractivity contribution in [3.8, 4) is 0 Å². The third-order valence-electron chi connectivity index (χ3n) is 2.78. The van der Waals surface area contributed by atoms with Crippen LogP contribution in [0.2, 0.25) is 0 Å². The lowest BCUT2D eigenvalue weighted by Gasteiger charge is -2.22. The third kappa shape index (κ3) is 3.30. The maximum atomic E-state index is 13.9. The summed E-state index contributed by atoms with van der Waals surface area (Å²) in [6.45, 7) is 4.42. The standard InChI is InChI=1S/C11H20FN3/c1-8(2)10(5-13)11(12)4-9-6-14-15(3)7-9/h6-8,10-11H,4-5,13H2,1-3H3. The predicted molar refractivity (Wildman–Crippen MR) is 59.2 cm³/mol. The van der Waals surface area contributed by atoms with Crippen LogP contribution in [0.15, 0.2) is 12.4 Å². The molecule has 0 aliphatic carbocycles. The van der Waals surface area contributed by atoms with E-state index in [-0.39, 0.29) is 11.8 Å². The molecule has 0 aliphatic heterocycles. The van der Waals surface area contributed by atoms with Gasteiger partial charge < -0.3 is 5.73 Å². The molecular weight excluding hydrogens is 193 g/mol. The minimum absolute atomic E-state index is 0.0646. The van der Waals surface area contributed by atoms with Gasteiger partial charge in [0.2, 0.25) is 0 Å². The second kappa shape index (κ2) is 5.26. The predicted octanol–water partition coefficient (Wildman–Crippen LogP) is 1.53. The van der Waals surface area contributed by atoms with Crippen molar-refractivity contribution in [1.29, 1.82) is 0 Å². The van der Waals surface area contributed by atoms with Crippen molar-refractivity contribution in [2.45, 2.75) is 26.4 Å². The minimum Gasteiger partial charge on any atom is -0.330 e. The summed E-state index contributed by atoms with van der Waals surface area (Å²) in [5.74, 6) is 0.215. The Kier molecular flexibility index (Phi) is 4.27. The van der Waals surface area contributed by atoms with E-state index in [0.717, 1.165) is 5.56 Å². The van der Waals surface area contributed by atoms with Gasteiger partial charge in [-0.1, -0.05) is 13.8 Å². The Morgan fingerprint density at radius 2 is 2.20 bits per heavy atom. The Bertz CT molecular complexity index is 296. The third-order valence-corrected chi connectivity index (χ3v) is 2.78. The van der Waals surface area contributed by atoms with Crippen LogP contribution in [0.1, 0.15) is 19.4 Å². The second-order valence-corrected chi connectivity index (χ2v) is 4.39. The lowest BCUT2D eigenvalue weighted by atomic mass is 9.88. The number of nitrogens with two attached hydrogens (primary N) is 1. The molecule has 1 heterocycles. The largest absolute Gasteiger partial charge is 0.330 e. The van der Waals surface area contributed by atoms with Gasteiger partial charge in [0.05, 0.1) is 6.20 Å². The van der Waals surface area contributed by atoms with Gasteiger partial charge in [-0.2, -0.15) is 5.10 Å². The molecule has 2 atom stereocenters. The maximum absolute atomic E-state index is 13.9. The van der Waals surface area contributed by atoms with Crippen molar-refractivity contribution in [1.82, 2.24) is 9.78 Å². The molecular formula is C11H20FN3. The zero-order valence-electron chi connectivity index (χ0n) is 9.65. The van der Waals surface area contributed by atoms with Gasteiger partial charge in [0.25, 0.3) is 0 Å². The molecule has 0 amide bonds. The van der Waals surface area contributed by atoms with E-state index < -0.39 is 6.17 Å². The molecule has 0 aliphatic rings. The summed E-state index contributed by atoms with van der Waals surface area (Å²) < 4.78 is 15.6. The average molecular weight is 213 g/mol. The monoisotopic (exact) mass is 213 g/mol. The molecule has 86 valence electrons. The zero-order valence-corrected chi connectivity index (χ0v) is 9.65. The van der Waals surface area contributed by atoms with Gasteiger partial charge in [-0.15, -0.1) is 0 Å². The molecule has 0 bridgehead atoms. The van der Waals surface area contributed by atoms with Gasteiger partial charge in [0, 0.05) is 25.6 Å². The summed E-state index contributed by atoms with van der Waals surface area (Å²) in [4.78, 5) is 0. The minimum atomic E-state index is -0.876. The van der Waals surface area contributed by atoms with Crippen molar-refractivity contribution in [3.63, 3.8) is 0 Å². The zero-order chi connectivity index (χ0) is 11.4. The SMILES string of the molecule is CC(C)C(CN)C(F)Cc1cnn(C)c1. The Hall–Kier alpha value is -0.900. The highest BCUT2D eigenvalue weighted by Crippen LogP contribution is 2.20. The average Bonchev–Trinajstić information content (AvgIpc) is 2.51. The normalized spacial score (nSPS) is 15.6. The summed E-state index contributed by atoms with van der Waals surface area (Å²) in [5.41, 5.74) is 6.51. The van der Waals surface area contributed by atoms with Crippen LogP contribution >= 0.6 is 0 Å². The Labute approximate surface area is 90.5 Å². The maximum Gasteiger partial charge on any atom is 0.108 e. The second-order valence-electron chi connectivity index (χ2n) is 4.39. The van der Waals surface area contributed by atoms with E-state index >= 15 is 0 Å². The number of hydrogen-bond donors (Lipinski definition) is 1. The van der Waals surface area contributed by atoms with E-state index in [2.05, 4.69) is 5.10 Å². The number of rotatable bonds is 5. The van der Waals surface area contributed by atoms with Crippen LogP contribution in [0.5, 0.6) is 0 Å². The van der Waals surface area contributed by atoms with E-state index in [4.69, 9.17) is 5.73 Å². The molecule has 0 aromatic carbocycles. The van der Waals surface area contributed by atoms with Crippen LogP contribution in [-0.4, -0.2) is 22.5 Å². The van der Waals surface area contributed by atoms with Gasteiger partial charge in [0.15, 0.2) is 0 Å². The van der Waals surface area contributed by atoms with E-state index in [1.54, 1.807) is 10.9 Å². The van der Waals surface area contributed by atoms with Gasteiger partial charge in [0.1, 0.15) is 6.17 Å². The quantitative estimate of drug-likeness (QED) is 0.806. The number of aryl methyl sites for hydroxylation is 1. The van der Waals surface area contributed by atoms with Crippen molar-refractivity contribution in [2.24, 2.45) is 24.6 Å². The number of halogens is 1. The highest BCUT2D eigenvalue weighted by Gasteiger charge is 2.23. The van der Waals surface area contributed by atoms with Crippen molar-refractivity contribution in [3.05, 3.63) is 18.0 Å². The summed E-state index contributed by atoms with van der Waals surface area (Å²) in [5, 5.41) is 4.02. The van der Waals surface area contributed by atoms with E-state index in [9.17, 15) is 4.39 Å². The van der Waals surface area contributed by atoms with Crippen LogP contribution in [0.3, 0.4) is 0 Å². The first-order valence-electron chi connectivity index (χ1n) is 5.36. The van der Waals surface area contributed by atoms with E-state index in [0.29, 0.717) is 13.0 Å². The fourth-order valence-electron chi connectivity index (χ4n) is 1.79. The Morgan fingerprint density at radius 3 is 2.60 bits per heavy atom. The molecule has 0 saturated carbocycles. The topological polar surface area (TPSA) is 43.8 Å². The lowest BCUT2D eigenvalue weighted by Crippen LogP contribution is -2.30. The van der Waals surface area contributed by atoms with Crippen molar-refractivity contribution >= 4 is 0 Å². The molecule has 0 saturated heterocycles. The fraction of sp³-hybridized carbons (Fsp3) is 0.727. The van der Waals surface area contributed by atoms with E-state index in [1.807, 2.05) is 27.1 Å². The molecule has 15 heavy (non-hydrogen) atoms. The smallest absolute Gasteiger partial charge is 0.108 e. The molecule has 3 nitrogen and oxygen atoms in total. The Balaban J connectivity index is 2.57. The van der Waals surface area contributed by atoms with Crippen LogP contribution in [-0.2, 0) is 13.5 Å². The molecule has 0 radical (unpaired) electrons. The van der Waals surface area contributed by atoms with Gasteiger partial charge in [-0.05, 0) is 18.0 Å². The molecule has 1 aromatic rings. The number of alkyl halides is 1. The highest BCUT2D eigenvalue weighted by molar-refractivity contribution is 5.05. The first-order chi connectivity index (χ1) is 7.04. The first-order valence-corrected chi connectivity index (χ1v) is 5.36. The van der Waals surface area contributed by atoms with Crippen LogP contribution < -0.4 is 5.73 Å². The summed E-state index contributed by atoms with van der Waals surface area (Å²) in [6.07, 6.45) is 3.09. The molecule has 4 heteroatoms. The first kappa shape index (κ1) is 12.2. The lowest BCUT2D eigenvalue weighted by molar-refractivity contribution is 0.185. The molecule has 2 unspecified atom stereocenters. The summed E-state index contributed by atoms with van der Waals surface area (Å²) in [6, 6.07) is 0.